The van der Waals surface area contributed by atoms with Crippen LogP contribution in [0.1, 0.15) is 17.8 Å². The number of anilines is 2. The van der Waals surface area contributed by atoms with Crippen molar-refractivity contribution in [1.82, 2.24) is 10.3 Å². The first kappa shape index (κ1) is 16.7. The lowest BCUT2D eigenvalue weighted by atomic mass is 10.2. The van der Waals surface area contributed by atoms with Gasteiger partial charge in [-0.1, -0.05) is 19.1 Å². The van der Waals surface area contributed by atoms with E-state index in [9.17, 15) is 4.79 Å². The van der Waals surface area contributed by atoms with E-state index in [-0.39, 0.29) is 11.9 Å². The molecule has 0 bridgehead atoms. The van der Waals surface area contributed by atoms with E-state index in [1.165, 1.54) is 0 Å². The Morgan fingerprint density at radius 2 is 2.17 bits per heavy atom. The van der Waals surface area contributed by atoms with E-state index in [0.717, 1.165) is 29.5 Å². The van der Waals surface area contributed by atoms with Gasteiger partial charge in [-0.05, 0) is 12.1 Å². The van der Waals surface area contributed by atoms with E-state index >= 15 is 0 Å². The molecular weight excluding hydrogens is 324 g/mol. The Morgan fingerprint density at radius 1 is 1.38 bits per heavy atom. The molecule has 3 rings (SSSR count). The summed E-state index contributed by atoms with van der Waals surface area (Å²) in [7, 11) is 0. The number of nitrogens with zero attached hydrogens (tertiary/aromatic N) is 2. The fourth-order valence-electron chi connectivity index (χ4n) is 2.64. The highest BCUT2D eigenvalue weighted by Crippen LogP contribution is 2.26. The number of thiazole rings is 1. The number of para-hydroxylation sites is 2. The number of hydrogen-bond donors (Lipinski definition) is 2. The second-order valence-corrected chi connectivity index (χ2v) is 6.65. The molecule has 0 unspecified atom stereocenters. The lowest BCUT2D eigenvalue weighted by Crippen LogP contribution is -2.37. The first-order valence-corrected chi connectivity index (χ1v) is 8.98. The highest BCUT2D eigenvalue weighted by Gasteiger charge is 2.16. The van der Waals surface area contributed by atoms with Crippen molar-refractivity contribution in [3.8, 4) is 0 Å². The minimum Gasteiger partial charge on any atom is -0.378 e. The van der Waals surface area contributed by atoms with Crippen LogP contribution in [0, 0.1) is 0 Å². The first-order valence-electron chi connectivity index (χ1n) is 8.10. The standard InChI is InChI=1S/C17H22N4O2S/c1-13(16-18-6-11-24-16)12-19-17(22)20-14-4-2-3-5-15(14)21-7-9-23-10-8-21/h2-6,11,13H,7-10,12H2,1H3,(H2,19,20,22)/t13-/m0/s1. The summed E-state index contributed by atoms with van der Waals surface area (Å²) < 4.78 is 5.40. The number of urea groups is 1. The molecule has 24 heavy (non-hydrogen) atoms. The van der Waals surface area contributed by atoms with Crippen molar-refractivity contribution in [1.29, 1.82) is 0 Å². The lowest BCUT2D eigenvalue weighted by molar-refractivity contribution is 0.123. The molecule has 1 saturated heterocycles. The minimum atomic E-state index is -0.195. The van der Waals surface area contributed by atoms with Gasteiger partial charge >= 0.3 is 6.03 Å². The number of benzene rings is 1. The lowest BCUT2D eigenvalue weighted by Gasteiger charge is -2.30. The summed E-state index contributed by atoms with van der Waals surface area (Å²) >= 11 is 1.61. The van der Waals surface area contributed by atoms with E-state index in [0.29, 0.717) is 19.8 Å². The van der Waals surface area contributed by atoms with Crippen LogP contribution in [0.15, 0.2) is 35.8 Å². The number of rotatable bonds is 5. The Bertz CT molecular complexity index is 656. The molecular formula is C17H22N4O2S. The van der Waals surface area contributed by atoms with Crippen molar-refractivity contribution in [2.75, 3.05) is 43.1 Å². The molecule has 1 aromatic carbocycles. The minimum absolute atomic E-state index is 0.195. The fraction of sp³-hybridized carbons (Fsp3) is 0.412. The van der Waals surface area contributed by atoms with Gasteiger partial charge in [0.05, 0.1) is 29.6 Å². The number of ether oxygens (including phenoxy) is 1. The van der Waals surface area contributed by atoms with E-state index in [4.69, 9.17) is 4.74 Å². The van der Waals surface area contributed by atoms with E-state index in [1.807, 2.05) is 29.6 Å². The maximum atomic E-state index is 12.2. The zero-order valence-electron chi connectivity index (χ0n) is 13.7. The molecule has 2 heterocycles. The molecule has 0 spiro atoms. The van der Waals surface area contributed by atoms with Crippen LogP contribution in [0.4, 0.5) is 16.2 Å². The summed E-state index contributed by atoms with van der Waals surface area (Å²) in [6.07, 6.45) is 1.79. The third-order valence-corrected chi connectivity index (χ3v) is 4.95. The van der Waals surface area contributed by atoms with Gasteiger partial charge in [-0.3, -0.25) is 0 Å². The molecule has 0 aliphatic carbocycles. The molecule has 2 aromatic rings. The van der Waals surface area contributed by atoms with Crippen LogP contribution < -0.4 is 15.5 Å². The van der Waals surface area contributed by atoms with Crippen LogP contribution in [0.5, 0.6) is 0 Å². The fourth-order valence-corrected chi connectivity index (χ4v) is 3.34. The number of nitrogens with one attached hydrogen (secondary N) is 2. The van der Waals surface area contributed by atoms with Crippen LogP contribution in [0.2, 0.25) is 0 Å². The maximum absolute atomic E-state index is 12.2. The Kier molecular flexibility index (Phi) is 5.66. The van der Waals surface area contributed by atoms with Gasteiger partial charge in [0.25, 0.3) is 0 Å². The molecule has 2 N–H and O–H groups in total. The molecule has 0 radical (unpaired) electrons. The van der Waals surface area contributed by atoms with Gasteiger partial charge in [0.15, 0.2) is 0 Å². The van der Waals surface area contributed by atoms with E-state index < -0.39 is 0 Å². The molecule has 0 saturated carbocycles. The second-order valence-electron chi connectivity index (χ2n) is 5.72. The monoisotopic (exact) mass is 346 g/mol. The Hall–Kier alpha value is -2.12. The van der Waals surface area contributed by atoms with Crippen molar-refractivity contribution in [3.05, 3.63) is 40.8 Å². The first-order chi connectivity index (χ1) is 11.7. The third kappa shape index (κ3) is 4.24. The third-order valence-electron chi connectivity index (χ3n) is 3.95. The highest BCUT2D eigenvalue weighted by atomic mass is 32.1. The van der Waals surface area contributed by atoms with Crippen molar-refractivity contribution < 1.29 is 9.53 Å². The largest absolute Gasteiger partial charge is 0.378 e. The van der Waals surface area contributed by atoms with Gasteiger partial charge in [0, 0.05) is 37.1 Å². The average Bonchev–Trinajstić information content (AvgIpc) is 3.16. The van der Waals surface area contributed by atoms with E-state index in [2.05, 4.69) is 27.4 Å². The molecule has 6 nitrogen and oxygen atoms in total. The molecule has 7 heteroatoms. The van der Waals surface area contributed by atoms with Crippen LogP contribution in [0.25, 0.3) is 0 Å². The number of carbonyl (C=O) groups is 1. The predicted octanol–water partition coefficient (Wildman–Crippen LogP) is 2.90. The molecule has 1 aromatic heterocycles. The van der Waals surface area contributed by atoms with Gasteiger partial charge in [-0.25, -0.2) is 9.78 Å². The smallest absolute Gasteiger partial charge is 0.319 e. The average molecular weight is 346 g/mol. The van der Waals surface area contributed by atoms with Crippen molar-refractivity contribution in [2.45, 2.75) is 12.8 Å². The van der Waals surface area contributed by atoms with Gasteiger partial charge in [-0.15, -0.1) is 11.3 Å². The van der Waals surface area contributed by atoms with Gasteiger partial charge in [0.2, 0.25) is 0 Å². The molecule has 1 aliphatic heterocycles. The Labute approximate surface area is 145 Å². The number of hydrogen-bond acceptors (Lipinski definition) is 5. The molecule has 2 amide bonds. The van der Waals surface area contributed by atoms with Gasteiger partial charge in [-0.2, -0.15) is 0 Å². The summed E-state index contributed by atoms with van der Waals surface area (Å²) in [5.74, 6) is 0.199. The second kappa shape index (κ2) is 8.12. The van der Waals surface area contributed by atoms with Gasteiger partial charge in [0.1, 0.15) is 0 Å². The normalized spacial score (nSPS) is 15.8. The summed E-state index contributed by atoms with van der Waals surface area (Å²) in [4.78, 5) is 18.8. The van der Waals surface area contributed by atoms with Crippen molar-refractivity contribution >= 4 is 28.7 Å². The summed E-state index contributed by atoms with van der Waals surface area (Å²) in [6, 6.07) is 7.67. The van der Waals surface area contributed by atoms with Crippen LogP contribution in [-0.2, 0) is 4.74 Å². The maximum Gasteiger partial charge on any atom is 0.319 e. The SMILES string of the molecule is C[C@@H](CNC(=O)Nc1ccccc1N1CCOCC1)c1nccs1. The molecule has 1 aliphatic rings. The quantitative estimate of drug-likeness (QED) is 0.874. The molecule has 1 fully saturated rings. The number of morpholine rings is 1. The number of amides is 2. The predicted molar refractivity (Wildman–Crippen MR) is 97.0 cm³/mol. The van der Waals surface area contributed by atoms with Crippen molar-refractivity contribution in [2.24, 2.45) is 0 Å². The Balaban J connectivity index is 1.58. The van der Waals surface area contributed by atoms with Crippen molar-refractivity contribution in [3.63, 3.8) is 0 Å². The van der Waals surface area contributed by atoms with Crippen LogP contribution >= 0.6 is 11.3 Å². The summed E-state index contributed by atoms with van der Waals surface area (Å²) in [5, 5.41) is 8.86. The zero-order valence-corrected chi connectivity index (χ0v) is 14.5. The van der Waals surface area contributed by atoms with E-state index in [1.54, 1.807) is 17.5 Å². The summed E-state index contributed by atoms with van der Waals surface area (Å²) in [6.45, 7) is 5.71. The zero-order chi connectivity index (χ0) is 16.8. The topological polar surface area (TPSA) is 66.5 Å². The molecule has 128 valence electrons. The number of carbonyl (C=O) groups excluding carboxylic acids is 1. The van der Waals surface area contributed by atoms with Gasteiger partial charge < -0.3 is 20.3 Å². The molecule has 1 atom stereocenters. The Morgan fingerprint density at radius 3 is 2.92 bits per heavy atom. The van der Waals surface area contributed by atoms with Crippen LogP contribution in [-0.4, -0.2) is 43.9 Å². The summed E-state index contributed by atoms with van der Waals surface area (Å²) in [5.41, 5.74) is 1.85. The highest BCUT2D eigenvalue weighted by molar-refractivity contribution is 7.09. The van der Waals surface area contributed by atoms with Crippen LogP contribution in [0.3, 0.4) is 0 Å². The number of aromatic nitrogens is 1.